The summed E-state index contributed by atoms with van der Waals surface area (Å²) in [4.78, 5) is 8.94. The van der Waals surface area contributed by atoms with Crippen molar-refractivity contribution in [2.24, 2.45) is 12.8 Å². The largest absolute Gasteiger partial charge is 0.325 e. The number of pyridine rings is 1. The molecule has 100 valence electrons. The van der Waals surface area contributed by atoms with E-state index in [-0.39, 0.29) is 0 Å². The zero-order valence-corrected chi connectivity index (χ0v) is 11.2. The number of nitrogens with two attached hydrogens (primary N) is 1. The first-order valence-electron chi connectivity index (χ1n) is 6.84. The van der Waals surface area contributed by atoms with Gasteiger partial charge in [0.2, 0.25) is 0 Å². The smallest absolute Gasteiger partial charge is 0.158 e. The SMILES string of the molecule is Cn1nc(C2CCCC2)nc1-c1ccnc(CN)c1. The quantitative estimate of drug-likeness (QED) is 0.913. The summed E-state index contributed by atoms with van der Waals surface area (Å²) in [6.45, 7) is 0.446. The summed E-state index contributed by atoms with van der Waals surface area (Å²) < 4.78 is 1.86. The lowest BCUT2D eigenvalue weighted by Gasteiger charge is -2.02. The van der Waals surface area contributed by atoms with Crippen molar-refractivity contribution in [1.82, 2.24) is 19.7 Å². The minimum Gasteiger partial charge on any atom is -0.325 e. The minimum atomic E-state index is 0.446. The van der Waals surface area contributed by atoms with Gasteiger partial charge in [0.05, 0.1) is 5.69 Å². The number of hydrogen-bond acceptors (Lipinski definition) is 4. The summed E-state index contributed by atoms with van der Waals surface area (Å²) in [5.41, 5.74) is 7.55. The molecule has 3 rings (SSSR count). The molecular formula is C14H19N5. The molecule has 1 saturated carbocycles. The van der Waals surface area contributed by atoms with Crippen molar-refractivity contribution in [1.29, 1.82) is 0 Å². The average molecular weight is 257 g/mol. The van der Waals surface area contributed by atoms with Crippen LogP contribution in [0.3, 0.4) is 0 Å². The molecule has 2 N–H and O–H groups in total. The molecule has 0 atom stereocenters. The second-order valence-corrected chi connectivity index (χ2v) is 5.14. The molecule has 1 fully saturated rings. The van der Waals surface area contributed by atoms with Crippen LogP contribution in [0, 0.1) is 0 Å². The molecular weight excluding hydrogens is 238 g/mol. The third-order valence-electron chi connectivity index (χ3n) is 3.78. The Morgan fingerprint density at radius 1 is 1.37 bits per heavy atom. The topological polar surface area (TPSA) is 69.6 Å². The predicted octanol–water partition coefficient (Wildman–Crippen LogP) is 1.99. The summed E-state index contributed by atoms with van der Waals surface area (Å²) in [5.74, 6) is 2.43. The summed E-state index contributed by atoms with van der Waals surface area (Å²) in [5, 5.41) is 4.58. The van der Waals surface area contributed by atoms with E-state index >= 15 is 0 Å². The van der Waals surface area contributed by atoms with Crippen LogP contribution < -0.4 is 5.73 Å². The first kappa shape index (κ1) is 12.3. The van der Waals surface area contributed by atoms with Crippen molar-refractivity contribution >= 4 is 0 Å². The fraction of sp³-hybridized carbons (Fsp3) is 0.500. The second-order valence-electron chi connectivity index (χ2n) is 5.14. The van der Waals surface area contributed by atoms with Crippen LogP contribution in [-0.2, 0) is 13.6 Å². The molecule has 0 aliphatic heterocycles. The molecule has 0 bridgehead atoms. The molecule has 0 spiro atoms. The van der Waals surface area contributed by atoms with E-state index in [2.05, 4.69) is 10.1 Å². The van der Waals surface area contributed by atoms with Crippen molar-refractivity contribution in [3.63, 3.8) is 0 Å². The van der Waals surface area contributed by atoms with E-state index in [1.165, 1.54) is 25.7 Å². The number of hydrogen-bond donors (Lipinski definition) is 1. The van der Waals surface area contributed by atoms with Crippen LogP contribution in [-0.4, -0.2) is 19.7 Å². The normalized spacial score (nSPS) is 16.1. The third-order valence-corrected chi connectivity index (χ3v) is 3.78. The van der Waals surface area contributed by atoms with Crippen LogP contribution in [0.15, 0.2) is 18.3 Å². The molecule has 5 heteroatoms. The van der Waals surface area contributed by atoms with Crippen molar-refractivity contribution < 1.29 is 0 Å². The van der Waals surface area contributed by atoms with Gasteiger partial charge in [0.15, 0.2) is 11.6 Å². The number of aromatic nitrogens is 4. The van der Waals surface area contributed by atoms with Gasteiger partial charge in [-0.25, -0.2) is 9.67 Å². The highest BCUT2D eigenvalue weighted by molar-refractivity contribution is 5.55. The summed E-state index contributed by atoms with van der Waals surface area (Å²) in [7, 11) is 1.95. The van der Waals surface area contributed by atoms with Crippen molar-refractivity contribution in [2.45, 2.75) is 38.1 Å². The Morgan fingerprint density at radius 2 is 2.16 bits per heavy atom. The molecule has 2 aromatic rings. The number of rotatable bonds is 3. The maximum atomic E-state index is 5.63. The minimum absolute atomic E-state index is 0.446. The van der Waals surface area contributed by atoms with Crippen LogP contribution >= 0.6 is 0 Å². The maximum absolute atomic E-state index is 5.63. The summed E-state index contributed by atoms with van der Waals surface area (Å²) in [6, 6.07) is 3.95. The lowest BCUT2D eigenvalue weighted by molar-refractivity contribution is 0.648. The highest BCUT2D eigenvalue weighted by Gasteiger charge is 2.22. The van der Waals surface area contributed by atoms with Crippen LogP contribution in [0.5, 0.6) is 0 Å². The van der Waals surface area contributed by atoms with Crippen LogP contribution in [0.1, 0.15) is 43.1 Å². The zero-order chi connectivity index (χ0) is 13.2. The summed E-state index contributed by atoms with van der Waals surface area (Å²) >= 11 is 0. The Kier molecular flexibility index (Phi) is 3.29. The molecule has 0 amide bonds. The maximum Gasteiger partial charge on any atom is 0.158 e. The monoisotopic (exact) mass is 257 g/mol. The van der Waals surface area contributed by atoms with Gasteiger partial charge < -0.3 is 5.73 Å². The highest BCUT2D eigenvalue weighted by Crippen LogP contribution is 2.33. The molecule has 1 aliphatic carbocycles. The average Bonchev–Trinajstić information content (AvgIpc) is 3.07. The Hall–Kier alpha value is -1.75. The number of nitrogens with zero attached hydrogens (tertiary/aromatic N) is 4. The Labute approximate surface area is 112 Å². The predicted molar refractivity (Wildman–Crippen MR) is 73.3 cm³/mol. The van der Waals surface area contributed by atoms with Gasteiger partial charge in [0.1, 0.15) is 0 Å². The van der Waals surface area contributed by atoms with Gasteiger partial charge >= 0.3 is 0 Å². The van der Waals surface area contributed by atoms with Crippen molar-refractivity contribution in [3.8, 4) is 11.4 Å². The van der Waals surface area contributed by atoms with Gasteiger partial charge in [0.25, 0.3) is 0 Å². The van der Waals surface area contributed by atoms with E-state index in [4.69, 9.17) is 10.7 Å². The molecule has 0 unspecified atom stereocenters. The van der Waals surface area contributed by atoms with Gasteiger partial charge in [-0.05, 0) is 25.0 Å². The van der Waals surface area contributed by atoms with E-state index in [0.717, 1.165) is 22.9 Å². The lowest BCUT2D eigenvalue weighted by atomic mass is 10.1. The Morgan fingerprint density at radius 3 is 2.89 bits per heavy atom. The van der Waals surface area contributed by atoms with Crippen molar-refractivity contribution in [2.75, 3.05) is 0 Å². The third kappa shape index (κ3) is 2.38. The number of aryl methyl sites for hydroxylation is 1. The Bertz CT molecular complexity index is 569. The molecule has 0 aromatic carbocycles. The Balaban J connectivity index is 1.95. The first-order valence-corrected chi connectivity index (χ1v) is 6.84. The molecule has 0 radical (unpaired) electrons. The van der Waals surface area contributed by atoms with Gasteiger partial charge in [0, 0.05) is 31.3 Å². The zero-order valence-electron chi connectivity index (χ0n) is 11.2. The lowest BCUT2D eigenvalue weighted by Crippen LogP contribution is -2.00. The van der Waals surface area contributed by atoms with E-state index in [1.807, 2.05) is 23.9 Å². The van der Waals surface area contributed by atoms with E-state index in [9.17, 15) is 0 Å². The standard InChI is InChI=1S/C14H19N5/c1-19-14(11-6-7-16-12(8-11)9-15)17-13(18-19)10-4-2-3-5-10/h6-8,10H,2-5,9,15H2,1H3. The highest BCUT2D eigenvalue weighted by atomic mass is 15.3. The van der Waals surface area contributed by atoms with Gasteiger partial charge in [-0.3, -0.25) is 4.98 Å². The molecule has 0 saturated heterocycles. The van der Waals surface area contributed by atoms with Crippen LogP contribution in [0.2, 0.25) is 0 Å². The molecule has 2 aromatic heterocycles. The second kappa shape index (κ2) is 5.09. The van der Waals surface area contributed by atoms with Crippen LogP contribution in [0.25, 0.3) is 11.4 Å². The molecule has 2 heterocycles. The van der Waals surface area contributed by atoms with Crippen molar-refractivity contribution in [3.05, 3.63) is 29.8 Å². The van der Waals surface area contributed by atoms with E-state index < -0.39 is 0 Å². The first-order chi connectivity index (χ1) is 9.28. The molecule has 19 heavy (non-hydrogen) atoms. The fourth-order valence-electron chi connectivity index (χ4n) is 2.74. The fourth-order valence-corrected chi connectivity index (χ4v) is 2.74. The van der Waals surface area contributed by atoms with E-state index in [0.29, 0.717) is 12.5 Å². The summed E-state index contributed by atoms with van der Waals surface area (Å²) in [6.07, 6.45) is 6.80. The molecule has 1 aliphatic rings. The van der Waals surface area contributed by atoms with Gasteiger partial charge in [-0.15, -0.1) is 0 Å². The van der Waals surface area contributed by atoms with E-state index in [1.54, 1.807) is 6.20 Å². The van der Waals surface area contributed by atoms with Gasteiger partial charge in [-0.2, -0.15) is 5.10 Å². The molecule has 5 nitrogen and oxygen atoms in total. The van der Waals surface area contributed by atoms with Gasteiger partial charge in [-0.1, -0.05) is 12.8 Å². The van der Waals surface area contributed by atoms with Crippen LogP contribution in [0.4, 0.5) is 0 Å².